The Labute approximate surface area is 154 Å². The Bertz CT molecular complexity index is 877. The Morgan fingerprint density at radius 3 is 2.77 bits per heavy atom. The lowest BCUT2D eigenvalue weighted by Crippen LogP contribution is -2.41. The van der Waals surface area contributed by atoms with Gasteiger partial charge in [0.25, 0.3) is 5.91 Å². The first-order valence-electron chi connectivity index (χ1n) is 7.91. The van der Waals surface area contributed by atoms with Gasteiger partial charge in [0.05, 0.1) is 17.3 Å². The molecule has 134 valence electrons. The molecule has 0 bridgehead atoms. The predicted molar refractivity (Wildman–Crippen MR) is 95.4 cm³/mol. The largest absolute Gasteiger partial charge is 0.465 e. The summed E-state index contributed by atoms with van der Waals surface area (Å²) in [5.41, 5.74) is 0.468. The van der Waals surface area contributed by atoms with Gasteiger partial charge >= 0.3 is 5.97 Å². The van der Waals surface area contributed by atoms with E-state index >= 15 is 0 Å². The molecule has 5 nitrogen and oxygen atoms in total. The number of nitrogens with zero attached hydrogens (tertiary/aromatic N) is 1. The summed E-state index contributed by atoms with van der Waals surface area (Å²) in [5.74, 6) is -1.50. The van der Waals surface area contributed by atoms with Gasteiger partial charge in [0.15, 0.2) is 11.5 Å². The highest BCUT2D eigenvalue weighted by atomic mass is 35.5. The third kappa shape index (κ3) is 3.55. The van der Waals surface area contributed by atoms with Gasteiger partial charge in [-0.15, -0.1) is 0 Å². The lowest BCUT2D eigenvalue weighted by Gasteiger charge is -2.29. The Balaban J connectivity index is 2.03. The first-order valence-corrected chi connectivity index (χ1v) is 8.29. The summed E-state index contributed by atoms with van der Waals surface area (Å²) in [6.07, 6.45) is 1.23. The molecule has 1 aliphatic heterocycles. The highest BCUT2D eigenvalue weighted by Crippen LogP contribution is 2.36. The van der Waals surface area contributed by atoms with Gasteiger partial charge in [0.1, 0.15) is 12.4 Å². The van der Waals surface area contributed by atoms with Crippen molar-refractivity contribution in [3.63, 3.8) is 0 Å². The molecular formula is C19H15ClFNO4. The van der Waals surface area contributed by atoms with Crippen LogP contribution in [-0.2, 0) is 14.3 Å². The number of fused-ring (bicyclic) bond motifs is 1. The average Bonchev–Trinajstić information content (AvgIpc) is 2.61. The Hall–Kier alpha value is -2.86. The van der Waals surface area contributed by atoms with Gasteiger partial charge in [0.2, 0.25) is 0 Å². The van der Waals surface area contributed by atoms with E-state index in [4.69, 9.17) is 21.1 Å². The zero-order valence-corrected chi connectivity index (χ0v) is 14.6. The number of carbonyl (C=O) groups is 2. The molecule has 3 rings (SSSR count). The fraction of sp³-hybridized carbons (Fsp3) is 0.158. The second-order valence-corrected chi connectivity index (χ2v) is 5.82. The molecule has 1 heterocycles. The van der Waals surface area contributed by atoms with Crippen LogP contribution in [0.1, 0.15) is 12.5 Å². The first kappa shape index (κ1) is 17.9. The van der Waals surface area contributed by atoms with E-state index in [1.807, 2.05) is 0 Å². The van der Waals surface area contributed by atoms with E-state index in [9.17, 15) is 14.0 Å². The summed E-state index contributed by atoms with van der Waals surface area (Å²) in [6, 6.07) is 11.0. The van der Waals surface area contributed by atoms with Crippen molar-refractivity contribution >= 4 is 35.2 Å². The van der Waals surface area contributed by atoms with Gasteiger partial charge < -0.3 is 9.47 Å². The van der Waals surface area contributed by atoms with Crippen molar-refractivity contribution in [2.75, 3.05) is 18.1 Å². The molecule has 1 amide bonds. The van der Waals surface area contributed by atoms with E-state index in [0.717, 1.165) is 0 Å². The van der Waals surface area contributed by atoms with Crippen LogP contribution >= 0.6 is 11.6 Å². The number of ether oxygens (including phenoxy) is 2. The van der Waals surface area contributed by atoms with E-state index in [0.29, 0.717) is 11.4 Å². The standard InChI is InChI=1S/C19H15ClFNO4/c1-2-25-18(23)11-22-15-8-3-4-9-16(15)26-17(19(22)24)10-12-13(20)6-5-7-14(12)21/h3-10H,2,11H2,1H3/b17-10-. The lowest BCUT2D eigenvalue weighted by atomic mass is 10.1. The number of benzene rings is 2. The topological polar surface area (TPSA) is 55.8 Å². The van der Waals surface area contributed by atoms with Crippen LogP contribution in [0.2, 0.25) is 5.02 Å². The van der Waals surface area contributed by atoms with Crippen molar-refractivity contribution in [2.45, 2.75) is 6.92 Å². The van der Waals surface area contributed by atoms with Crippen LogP contribution in [0.3, 0.4) is 0 Å². The third-order valence-electron chi connectivity index (χ3n) is 3.70. The minimum Gasteiger partial charge on any atom is -0.465 e. The molecule has 0 N–H and O–H groups in total. The second-order valence-electron chi connectivity index (χ2n) is 5.41. The maximum atomic E-state index is 14.1. The van der Waals surface area contributed by atoms with E-state index in [-0.39, 0.29) is 29.5 Å². The maximum absolute atomic E-state index is 14.1. The summed E-state index contributed by atoms with van der Waals surface area (Å²) >= 11 is 6.02. The smallest absolute Gasteiger partial charge is 0.326 e. The summed E-state index contributed by atoms with van der Waals surface area (Å²) in [6.45, 7) is 1.60. The average molecular weight is 376 g/mol. The van der Waals surface area contributed by atoms with Gasteiger partial charge in [-0.05, 0) is 37.3 Å². The number of hydrogen-bond donors (Lipinski definition) is 0. The second kappa shape index (κ2) is 7.58. The molecule has 2 aromatic carbocycles. The molecule has 0 aromatic heterocycles. The van der Waals surface area contributed by atoms with Crippen LogP contribution in [-0.4, -0.2) is 25.0 Å². The summed E-state index contributed by atoms with van der Waals surface area (Å²) in [5, 5.41) is 0.143. The van der Waals surface area contributed by atoms with Gasteiger partial charge in [0, 0.05) is 5.56 Å². The summed E-state index contributed by atoms with van der Waals surface area (Å²) in [4.78, 5) is 25.9. The van der Waals surface area contributed by atoms with Gasteiger partial charge in [-0.25, -0.2) is 4.39 Å². The fourth-order valence-electron chi connectivity index (χ4n) is 2.53. The van der Waals surface area contributed by atoms with Crippen molar-refractivity contribution < 1.29 is 23.5 Å². The minimum absolute atomic E-state index is 0.0352. The normalized spacial score (nSPS) is 14.8. The molecule has 0 saturated carbocycles. The molecule has 0 fully saturated rings. The van der Waals surface area contributed by atoms with Crippen molar-refractivity contribution in [3.8, 4) is 5.75 Å². The molecule has 0 aliphatic carbocycles. The van der Waals surface area contributed by atoms with Crippen molar-refractivity contribution in [2.24, 2.45) is 0 Å². The third-order valence-corrected chi connectivity index (χ3v) is 4.03. The predicted octanol–water partition coefficient (Wildman–Crippen LogP) is 3.81. The van der Waals surface area contributed by atoms with Gasteiger partial charge in [-0.1, -0.05) is 29.8 Å². The minimum atomic E-state index is -0.587. The van der Waals surface area contributed by atoms with Gasteiger partial charge in [-0.3, -0.25) is 14.5 Å². The van der Waals surface area contributed by atoms with Crippen LogP contribution in [0.15, 0.2) is 48.2 Å². The SMILES string of the molecule is CCOC(=O)CN1C(=O)/C(=C/c2c(F)cccc2Cl)Oc2ccccc21. The summed E-state index contributed by atoms with van der Waals surface area (Å²) < 4.78 is 24.6. The number of anilines is 1. The molecule has 2 aromatic rings. The van der Waals surface area contributed by atoms with Crippen LogP contribution in [0.4, 0.5) is 10.1 Å². The number of rotatable bonds is 4. The zero-order chi connectivity index (χ0) is 18.7. The van der Waals surface area contributed by atoms with Crippen molar-refractivity contribution in [1.82, 2.24) is 0 Å². The van der Waals surface area contributed by atoms with Crippen LogP contribution in [0.25, 0.3) is 6.08 Å². The summed E-state index contributed by atoms with van der Waals surface area (Å²) in [7, 11) is 0. The zero-order valence-electron chi connectivity index (χ0n) is 13.9. The van der Waals surface area contributed by atoms with Crippen LogP contribution in [0, 0.1) is 5.82 Å². The van der Waals surface area contributed by atoms with E-state index in [1.165, 1.54) is 29.2 Å². The van der Waals surface area contributed by atoms with Crippen molar-refractivity contribution in [1.29, 1.82) is 0 Å². The highest BCUT2D eigenvalue weighted by molar-refractivity contribution is 6.32. The number of amides is 1. The van der Waals surface area contributed by atoms with Gasteiger partial charge in [-0.2, -0.15) is 0 Å². The maximum Gasteiger partial charge on any atom is 0.326 e. The highest BCUT2D eigenvalue weighted by Gasteiger charge is 2.32. The Kier molecular flexibility index (Phi) is 5.23. The first-order chi connectivity index (χ1) is 12.5. The van der Waals surface area contributed by atoms with E-state index in [2.05, 4.69) is 0 Å². The molecular weight excluding hydrogens is 361 g/mol. The molecule has 7 heteroatoms. The molecule has 1 aliphatic rings. The lowest BCUT2D eigenvalue weighted by molar-refractivity contribution is -0.142. The monoisotopic (exact) mass is 375 g/mol. The van der Waals surface area contributed by atoms with Crippen molar-refractivity contribution in [3.05, 3.63) is 64.6 Å². The van der Waals surface area contributed by atoms with E-state index < -0.39 is 17.7 Å². The number of hydrogen-bond acceptors (Lipinski definition) is 4. The number of carbonyl (C=O) groups excluding carboxylic acids is 2. The Morgan fingerprint density at radius 1 is 1.27 bits per heavy atom. The van der Waals surface area contributed by atoms with Crippen LogP contribution < -0.4 is 9.64 Å². The Morgan fingerprint density at radius 2 is 2.04 bits per heavy atom. The quantitative estimate of drug-likeness (QED) is 0.602. The number of esters is 1. The number of para-hydroxylation sites is 2. The molecule has 0 saturated heterocycles. The van der Waals surface area contributed by atoms with Crippen LogP contribution in [0.5, 0.6) is 5.75 Å². The molecule has 0 radical (unpaired) electrons. The molecule has 26 heavy (non-hydrogen) atoms. The van der Waals surface area contributed by atoms with E-state index in [1.54, 1.807) is 31.2 Å². The fourth-order valence-corrected chi connectivity index (χ4v) is 2.75. The molecule has 0 spiro atoms. The molecule has 0 atom stereocenters. The molecule has 0 unspecified atom stereocenters. The number of halogens is 2.